The fraction of sp³-hybridized carbons (Fsp3) is 0.0800. The van der Waals surface area contributed by atoms with Gasteiger partial charge in [-0.3, -0.25) is 19.0 Å². The van der Waals surface area contributed by atoms with Crippen LogP contribution >= 0.6 is 0 Å². The van der Waals surface area contributed by atoms with Crippen LogP contribution < -0.4 is 16.5 Å². The van der Waals surface area contributed by atoms with Crippen molar-refractivity contribution in [2.75, 3.05) is 0 Å². The number of fused-ring (bicyclic) bond motifs is 1. The Labute approximate surface area is 206 Å². The van der Waals surface area contributed by atoms with E-state index in [1.807, 2.05) is 0 Å². The van der Waals surface area contributed by atoms with Gasteiger partial charge < -0.3 is 16.2 Å². The molecule has 0 aliphatic heterocycles. The minimum absolute atomic E-state index is 0.0996. The van der Waals surface area contributed by atoms with E-state index >= 15 is 0 Å². The number of benzene rings is 2. The Hall–Kier alpha value is -5.00. The van der Waals surface area contributed by atoms with Gasteiger partial charge in [0.1, 0.15) is 17.0 Å². The van der Waals surface area contributed by atoms with E-state index in [0.29, 0.717) is 6.07 Å². The SMILES string of the molecule is NC(=O)c1ccc(C(=O)NCc2c(C(=O)O)n(-c3ccccc3)c3nc(C(F)(F)F)ccc3c2=O)cc1. The Morgan fingerprint density at radius 3 is 2.14 bits per heavy atom. The van der Waals surface area contributed by atoms with Crippen molar-refractivity contribution in [3.63, 3.8) is 0 Å². The van der Waals surface area contributed by atoms with Crippen LogP contribution in [0.15, 0.2) is 71.5 Å². The number of alkyl halides is 3. The van der Waals surface area contributed by atoms with E-state index in [-0.39, 0.29) is 27.8 Å². The van der Waals surface area contributed by atoms with E-state index in [2.05, 4.69) is 10.3 Å². The molecule has 0 atom stereocenters. The number of rotatable bonds is 6. The van der Waals surface area contributed by atoms with Gasteiger partial charge in [0, 0.05) is 23.4 Å². The highest BCUT2D eigenvalue weighted by molar-refractivity contribution is 5.97. The number of aromatic nitrogens is 2. The van der Waals surface area contributed by atoms with Crippen molar-refractivity contribution in [1.82, 2.24) is 14.9 Å². The Kier molecular flexibility index (Phi) is 6.49. The average molecular weight is 510 g/mol. The number of nitrogens with zero attached hydrogens (tertiary/aromatic N) is 2. The largest absolute Gasteiger partial charge is 0.477 e. The molecule has 0 saturated heterocycles. The fourth-order valence-electron chi connectivity index (χ4n) is 3.74. The second kappa shape index (κ2) is 9.57. The summed E-state index contributed by atoms with van der Waals surface area (Å²) in [5.74, 6) is -3.00. The molecule has 0 radical (unpaired) electrons. The minimum atomic E-state index is -4.84. The van der Waals surface area contributed by atoms with Crippen LogP contribution in [-0.4, -0.2) is 32.4 Å². The quantitative estimate of drug-likeness (QED) is 0.364. The van der Waals surface area contributed by atoms with Crippen molar-refractivity contribution >= 4 is 28.8 Å². The van der Waals surface area contributed by atoms with E-state index in [1.165, 1.54) is 48.5 Å². The van der Waals surface area contributed by atoms with Crippen LogP contribution in [0.1, 0.15) is 42.5 Å². The predicted molar refractivity (Wildman–Crippen MR) is 125 cm³/mol. The molecule has 0 saturated carbocycles. The molecule has 0 aliphatic rings. The highest BCUT2D eigenvalue weighted by Gasteiger charge is 2.34. The summed E-state index contributed by atoms with van der Waals surface area (Å²) in [4.78, 5) is 53.1. The Morgan fingerprint density at radius 2 is 1.57 bits per heavy atom. The molecule has 4 aromatic rings. The number of hydrogen-bond donors (Lipinski definition) is 3. The van der Waals surface area contributed by atoms with Crippen LogP contribution in [0.5, 0.6) is 0 Å². The number of hydrogen-bond acceptors (Lipinski definition) is 5. The van der Waals surface area contributed by atoms with E-state index < -0.39 is 53.0 Å². The third-order valence-corrected chi connectivity index (χ3v) is 5.48. The Morgan fingerprint density at radius 1 is 0.946 bits per heavy atom. The molecule has 0 unspecified atom stereocenters. The van der Waals surface area contributed by atoms with Gasteiger partial charge in [0.25, 0.3) is 5.91 Å². The number of aromatic carboxylic acids is 1. The molecule has 12 heteroatoms. The summed E-state index contributed by atoms with van der Waals surface area (Å²) in [5.41, 5.74) is 1.86. The van der Waals surface area contributed by atoms with E-state index in [0.717, 1.165) is 10.6 Å². The highest BCUT2D eigenvalue weighted by Crippen LogP contribution is 2.30. The molecule has 2 aromatic carbocycles. The van der Waals surface area contributed by atoms with Gasteiger partial charge in [-0.15, -0.1) is 0 Å². The number of carboxylic acid groups (broad SMARTS) is 1. The van der Waals surface area contributed by atoms with E-state index in [9.17, 15) is 37.5 Å². The maximum absolute atomic E-state index is 13.4. The Balaban J connectivity index is 1.88. The zero-order valence-electron chi connectivity index (χ0n) is 18.7. The van der Waals surface area contributed by atoms with Crippen LogP contribution in [-0.2, 0) is 12.7 Å². The van der Waals surface area contributed by atoms with Crippen molar-refractivity contribution in [3.05, 3.63) is 105 Å². The monoisotopic (exact) mass is 510 g/mol. The number of nitrogens with one attached hydrogen (secondary N) is 1. The van der Waals surface area contributed by atoms with Crippen LogP contribution in [0.2, 0.25) is 0 Å². The number of carbonyl (C=O) groups excluding carboxylic acids is 2. The number of carboxylic acids is 1. The predicted octanol–water partition coefficient (Wildman–Crippen LogP) is 3.13. The van der Waals surface area contributed by atoms with Gasteiger partial charge in [-0.25, -0.2) is 9.78 Å². The van der Waals surface area contributed by atoms with E-state index in [4.69, 9.17) is 5.73 Å². The van der Waals surface area contributed by atoms with Crippen molar-refractivity contribution in [2.45, 2.75) is 12.7 Å². The van der Waals surface area contributed by atoms with Crippen molar-refractivity contribution < 1.29 is 32.7 Å². The highest BCUT2D eigenvalue weighted by atomic mass is 19.4. The van der Waals surface area contributed by atoms with Crippen molar-refractivity contribution in [3.8, 4) is 5.69 Å². The number of para-hydroxylation sites is 1. The molecule has 0 spiro atoms. The van der Waals surface area contributed by atoms with Gasteiger partial charge in [0.05, 0.1) is 10.9 Å². The number of amides is 2. The lowest BCUT2D eigenvalue weighted by Crippen LogP contribution is -2.31. The molecule has 188 valence electrons. The van der Waals surface area contributed by atoms with Gasteiger partial charge >= 0.3 is 12.1 Å². The second-order valence-electron chi connectivity index (χ2n) is 7.82. The molecular weight excluding hydrogens is 493 g/mol. The smallest absolute Gasteiger partial charge is 0.433 e. The molecule has 0 fully saturated rings. The molecule has 2 amide bonds. The molecular formula is C25H17F3N4O5. The summed E-state index contributed by atoms with van der Waals surface area (Å²) in [6.07, 6.45) is -4.84. The van der Waals surface area contributed by atoms with Crippen LogP contribution in [0.3, 0.4) is 0 Å². The maximum Gasteiger partial charge on any atom is 0.433 e. The zero-order valence-corrected chi connectivity index (χ0v) is 18.7. The molecule has 37 heavy (non-hydrogen) atoms. The lowest BCUT2D eigenvalue weighted by molar-refractivity contribution is -0.141. The lowest BCUT2D eigenvalue weighted by atomic mass is 10.1. The normalized spacial score (nSPS) is 11.3. The standard InChI is InChI=1S/C25H17F3N4O5/c26-25(27,28)18-11-10-16-20(33)17(12-30-23(35)14-8-6-13(7-9-14)21(29)34)19(24(36)37)32(22(16)31-18)15-4-2-1-3-5-15/h1-11H,12H2,(H2,29,34)(H,30,35)(H,36,37). The maximum atomic E-state index is 13.4. The zero-order chi connectivity index (χ0) is 26.9. The molecule has 0 bridgehead atoms. The summed E-state index contributed by atoms with van der Waals surface area (Å²) in [6, 6.07) is 14.4. The van der Waals surface area contributed by atoms with E-state index in [1.54, 1.807) is 6.07 Å². The third kappa shape index (κ3) is 4.89. The topological polar surface area (TPSA) is 144 Å². The summed E-state index contributed by atoms with van der Waals surface area (Å²) >= 11 is 0. The molecule has 4 N–H and O–H groups in total. The van der Waals surface area contributed by atoms with Crippen LogP contribution in [0.25, 0.3) is 16.7 Å². The summed E-state index contributed by atoms with van der Waals surface area (Å²) < 4.78 is 41.1. The Bertz CT molecular complexity index is 1600. The number of halogens is 3. The third-order valence-electron chi connectivity index (χ3n) is 5.48. The van der Waals surface area contributed by atoms with Gasteiger partial charge in [-0.05, 0) is 48.5 Å². The number of pyridine rings is 2. The van der Waals surface area contributed by atoms with Gasteiger partial charge in [0.2, 0.25) is 5.91 Å². The first kappa shape index (κ1) is 25.1. The summed E-state index contributed by atoms with van der Waals surface area (Å²) in [5, 5.41) is 12.2. The minimum Gasteiger partial charge on any atom is -0.477 e. The van der Waals surface area contributed by atoms with Crippen molar-refractivity contribution in [1.29, 1.82) is 0 Å². The van der Waals surface area contributed by atoms with Gasteiger partial charge in [-0.1, -0.05) is 18.2 Å². The average Bonchev–Trinajstić information content (AvgIpc) is 2.87. The molecule has 2 aromatic heterocycles. The molecule has 2 heterocycles. The molecule has 4 rings (SSSR count). The number of nitrogens with two attached hydrogens (primary N) is 1. The van der Waals surface area contributed by atoms with Gasteiger partial charge in [-0.2, -0.15) is 13.2 Å². The molecule has 0 aliphatic carbocycles. The first-order chi connectivity index (χ1) is 17.5. The van der Waals surface area contributed by atoms with Gasteiger partial charge in [0.15, 0.2) is 5.43 Å². The van der Waals surface area contributed by atoms with Crippen LogP contribution in [0.4, 0.5) is 13.2 Å². The number of carbonyl (C=O) groups is 3. The first-order valence-electron chi connectivity index (χ1n) is 10.6. The lowest BCUT2D eigenvalue weighted by Gasteiger charge is -2.19. The second-order valence-corrected chi connectivity index (χ2v) is 7.82. The number of primary amides is 1. The fourth-order valence-corrected chi connectivity index (χ4v) is 3.74. The van der Waals surface area contributed by atoms with Crippen molar-refractivity contribution in [2.24, 2.45) is 5.73 Å². The summed E-state index contributed by atoms with van der Waals surface area (Å²) in [6.45, 7) is -0.555. The summed E-state index contributed by atoms with van der Waals surface area (Å²) in [7, 11) is 0. The first-order valence-corrected chi connectivity index (χ1v) is 10.6. The van der Waals surface area contributed by atoms with Crippen LogP contribution in [0, 0.1) is 0 Å². The molecule has 9 nitrogen and oxygen atoms in total.